The van der Waals surface area contributed by atoms with E-state index in [0.29, 0.717) is 25.2 Å². The van der Waals surface area contributed by atoms with Gasteiger partial charge in [-0.15, -0.1) is 0 Å². The molecule has 1 saturated heterocycles. The summed E-state index contributed by atoms with van der Waals surface area (Å²) in [4.78, 5) is 25.7. The number of nitrogens with one attached hydrogen (secondary N) is 1. The second kappa shape index (κ2) is 5.03. The first-order valence-corrected chi connectivity index (χ1v) is 6.60. The highest BCUT2D eigenvalue weighted by atomic mass is 16.2. The first-order chi connectivity index (χ1) is 8.98. The largest absolute Gasteiger partial charge is 0.369 e. The molecule has 0 radical (unpaired) electrons. The molecule has 0 aliphatic carbocycles. The van der Waals surface area contributed by atoms with Crippen molar-refractivity contribution >= 4 is 11.8 Å². The molecule has 6 nitrogen and oxygen atoms in total. The van der Waals surface area contributed by atoms with Crippen molar-refractivity contribution in [3.8, 4) is 0 Å². The van der Waals surface area contributed by atoms with Crippen molar-refractivity contribution in [2.45, 2.75) is 33.1 Å². The van der Waals surface area contributed by atoms with Gasteiger partial charge in [0.05, 0.1) is 5.41 Å². The number of aromatic nitrogens is 2. The molecule has 19 heavy (non-hydrogen) atoms. The number of carbonyl (C=O) groups excluding carboxylic acids is 2. The molecule has 1 aliphatic heterocycles. The van der Waals surface area contributed by atoms with Crippen molar-refractivity contribution in [1.82, 2.24) is 15.1 Å². The van der Waals surface area contributed by atoms with Crippen LogP contribution in [0.2, 0.25) is 0 Å². The Morgan fingerprint density at radius 3 is 2.84 bits per heavy atom. The summed E-state index contributed by atoms with van der Waals surface area (Å²) in [5.41, 5.74) is 6.18. The standard InChI is InChI=1S/C13H20N4O2/c1-3-13(12(14)19)5-4-6-17(8-13)11(18)10-7-9(2)15-16-10/h7H,3-6,8H2,1-2H3,(H2,14,19)(H,15,16). The van der Waals surface area contributed by atoms with Crippen LogP contribution >= 0.6 is 0 Å². The van der Waals surface area contributed by atoms with Gasteiger partial charge in [-0.2, -0.15) is 5.10 Å². The van der Waals surface area contributed by atoms with Crippen LogP contribution in [0.3, 0.4) is 0 Å². The van der Waals surface area contributed by atoms with Gasteiger partial charge in [0.2, 0.25) is 5.91 Å². The predicted octanol–water partition coefficient (Wildman–Crippen LogP) is 0.836. The van der Waals surface area contributed by atoms with E-state index in [9.17, 15) is 9.59 Å². The average molecular weight is 264 g/mol. The van der Waals surface area contributed by atoms with Gasteiger partial charge < -0.3 is 10.6 Å². The number of likely N-dealkylation sites (tertiary alicyclic amines) is 1. The highest BCUT2D eigenvalue weighted by molar-refractivity contribution is 5.93. The normalized spacial score (nSPS) is 23.4. The number of aromatic amines is 1. The Hall–Kier alpha value is -1.85. The van der Waals surface area contributed by atoms with E-state index in [4.69, 9.17) is 5.73 Å². The molecule has 2 heterocycles. The van der Waals surface area contributed by atoms with Gasteiger partial charge in [-0.05, 0) is 32.3 Å². The highest BCUT2D eigenvalue weighted by Gasteiger charge is 2.40. The van der Waals surface area contributed by atoms with Crippen LogP contribution < -0.4 is 5.73 Å². The summed E-state index contributed by atoms with van der Waals surface area (Å²) in [6.07, 6.45) is 2.21. The lowest BCUT2D eigenvalue weighted by Crippen LogP contribution is -2.52. The van der Waals surface area contributed by atoms with Crippen LogP contribution in [0.15, 0.2) is 6.07 Å². The molecule has 0 spiro atoms. The molecule has 1 fully saturated rings. The topological polar surface area (TPSA) is 92.1 Å². The molecule has 1 atom stereocenters. The number of carbonyl (C=O) groups is 2. The first kappa shape index (κ1) is 13.6. The zero-order valence-electron chi connectivity index (χ0n) is 11.4. The quantitative estimate of drug-likeness (QED) is 0.847. The van der Waals surface area contributed by atoms with Crippen LogP contribution in [0.1, 0.15) is 42.4 Å². The Labute approximate surface area is 112 Å². The van der Waals surface area contributed by atoms with Crippen molar-refractivity contribution in [3.63, 3.8) is 0 Å². The minimum absolute atomic E-state index is 0.136. The Bertz CT molecular complexity index is 497. The molecule has 2 rings (SSSR count). The van der Waals surface area contributed by atoms with Gasteiger partial charge in [-0.3, -0.25) is 14.7 Å². The van der Waals surface area contributed by atoms with Crippen molar-refractivity contribution in [3.05, 3.63) is 17.5 Å². The van der Waals surface area contributed by atoms with Crippen LogP contribution in [-0.2, 0) is 4.79 Å². The average Bonchev–Trinajstić information content (AvgIpc) is 2.84. The Kier molecular flexibility index (Phi) is 3.59. The van der Waals surface area contributed by atoms with Crippen molar-refractivity contribution in [1.29, 1.82) is 0 Å². The van der Waals surface area contributed by atoms with Crippen molar-refractivity contribution in [2.24, 2.45) is 11.1 Å². The summed E-state index contributed by atoms with van der Waals surface area (Å²) < 4.78 is 0. The van der Waals surface area contributed by atoms with E-state index in [2.05, 4.69) is 10.2 Å². The summed E-state index contributed by atoms with van der Waals surface area (Å²) in [6, 6.07) is 1.72. The van der Waals surface area contributed by atoms with E-state index in [1.165, 1.54) is 0 Å². The summed E-state index contributed by atoms with van der Waals surface area (Å²) in [6.45, 7) is 4.83. The Balaban J connectivity index is 2.17. The number of primary amides is 1. The molecule has 0 aromatic carbocycles. The van der Waals surface area contributed by atoms with Crippen molar-refractivity contribution in [2.75, 3.05) is 13.1 Å². The molecular formula is C13H20N4O2. The van der Waals surface area contributed by atoms with Crippen LogP contribution in [0, 0.1) is 12.3 Å². The summed E-state index contributed by atoms with van der Waals surface area (Å²) >= 11 is 0. The maximum Gasteiger partial charge on any atom is 0.274 e. The minimum atomic E-state index is -0.584. The molecule has 0 saturated carbocycles. The SMILES string of the molecule is CCC1(C(N)=O)CCCN(C(=O)c2cc(C)[nH]n2)C1. The van der Waals surface area contributed by atoms with Crippen molar-refractivity contribution < 1.29 is 9.59 Å². The number of piperidine rings is 1. The second-order valence-electron chi connectivity index (χ2n) is 5.26. The zero-order valence-corrected chi connectivity index (χ0v) is 11.4. The fourth-order valence-corrected chi connectivity index (χ4v) is 2.66. The second-order valence-corrected chi connectivity index (χ2v) is 5.26. The number of rotatable bonds is 3. The fourth-order valence-electron chi connectivity index (χ4n) is 2.66. The van der Waals surface area contributed by atoms with E-state index in [1.54, 1.807) is 11.0 Å². The molecule has 2 amide bonds. The number of nitrogens with two attached hydrogens (primary N) is 1. The van der Waals surface area contributed by atoms with Gasteiger partial charge in [0, 0.05) is 18.8 Å². The molecule has 1 aromatic rings. The fraction of sp³-hybridized carbons (Fsp3) is 0.615. The number of amides is 2. The smallest absolute Gasteiger partial charge is 0.274 e. The summed E-state index contributed by atoms with van der Waals surface area (Å²) in [5.74, 6) is -0.450. The van der Waals surface area contributed by atoms with E-state index in [-0.39, 0.29) is 11.8 Å². The molecule has 104 valence electrons. The highest BCUT2D eigenvalue weighted by Crippen LogP contribution is 2.33. The van der Waals surface area contributed by atoms with Crippen LogP contribution in [0.4, 0.5) is 0 Å². The lowest BCUT2D eigenvalue weighted by atomic mass is 9.77. The van der Waals surface area contributed by atoms with Gasteiger partial charge in [0.25, 0.3) is 5.91 Å². The predicted molar refractivity (Wildman–Crippen MR) is 70.4 cm³/mol. The van der Waals surface area contributed by atoms with Gasteiger partial charge >= 0.3 is 0 Å². The summed E-state index contributed by atoms with van der Waals surface area (Å²) in [7, 11) is 0. The number of nitrogens with zero attached hydrogens (tertiary/aromatic N) is 2. The molecular weight excluding hydrogens is 244 g/mol. The van der Waals surface area contributed by atoms with Crippen LogP contribution in [0.5, 0.6) is 0 Å². The van der Waals surface area contributed by atoms with E-state index < -0.39 is 5.41 Å². The molecule has 6 heteroatoms. The molecule has 1 aromatic heterocycles. The van der Waals surface area contributed by atoms with Gasteiger partial charge in [0.15, 0.2) is 0 Å². The lowest BCUT2D eigenvalue weighted by Gasteiger charge is -2.39. The number of aryl methyl sites for hydroxylation is 1. The maximum absolute atomic E-state index is 12.3. The maximum atomic E-state index is 12.3. The third-order valence-corrected chi connectivity index (χ3v) is 3.99. The number of hydrogen-bond acceptors (Lipinski definition) is 3. The number of H-pyrrole nitrogens is 1. The van der Waals surface area contributed by atoms with Crippen LogP contribution in [-0.4, -0.2) is 40.0 Å². The van der Waals surface area contributed by atoms with Gasteiger partial charge in [-0.1, -0.05) is 6.92 Å². The minimum Gasteiger partial charge on any atom is -0.369 e. The van der Waals surface area contributed by atoms with E-state index in [0.717, 1.165) is 18.5 Å². The molecule has 0 bridgehead atoms. The van der Waals surface area contributed by atoms with E-state index >= 15 is 0 Å². The monoisotopic (exact) mass is 264 g/mol. The zero-order chi connectivity index (χ0) is 14.0. The molecule has 3 N–H and O–H groups in total. The molecule has 1 aliphatic rings. The Morgan fingerprint density at radius 2 is 2.32 bits per heavy atom. The number of hydrogen-bond donors (Lipinski definition) is 2. The molecule has 1 unspecified atom stereocenters. The lowest BCUT2D eigenvalue weighted by molar-refractivity contribution is -0.130. The van der Waals surface area contributed by atoms with Gasteiger partial charge in [-0.25, -0.2) is 0 Å². The first-order valence-electron chi connectivity index (χ1n) is 6.60. The summed E-state index contributed by atoms with van der Waals surface area (Å²) in [5, 5.41) is 6.73. The van der Waals surface area contributed by atoms with Gasteiger partial charge in [0.1, 0.15) is 5.69 Å². The third-order valence-electron chi connectivity index (χ3n) is 3.99. The Morgan fingerprint density at radius 1 is 1.58 bits per heavy atom. The van der Waals surface area contributed by atoms with E-state index in [1.807, 2.05) is 13.8 Å². The third kappa shape index (κ3) is 2.47. The van der Waals surface area contributed by atoms with Crippen LogP contribution in [0.25, 0.3) is 0 Å².